The molecule has 6 nitrogen and oxygen atoms in total. The van der Waals surface area contributed by atoms with E-state index in [-0.39, 0.29) is 11.7 Å². The summed E-state index contributed by atoms with van der Waals surface area (Å²) in [7, 11) is 0. The molecule has 0 unspecified atom stereocenters. The van der Waals surface area contributed by atoms with Gasteiger partial charge in [-0.05, 0) is 55.0 Å². The number of amides is 2. The standard InChI is InChI=1S/C25H24Cl3N3O3/c1-2-3-24(32)31-12-10-30(11-13-31)21-7-5-17(15-20(21)28)29-25(33)23-9-8-22(34-23)16-4-6-18(26)19(27)14-16/h4-9,14-15H,2-3,10-13H2,1H3,(H,29,33). The molecule has 2 aromatic carbocycles. The monoisotopic (exact) mass is 519 g/mol. The van der Waals surface area contributed by atoms with Crippen LogP contribution in [0.3, 0.4) is 0 Å². The summed E-state index contributed by atoms with van der Waals surface area (Å²) in [6, 6.07) is 13.8. The molecule has 2 heterocycles. The zero-order chi connectivity index (χ0) is 24.2. The molecule has 1 aromatic heterocycles. The number of furan rings is 1. The van der Waals surface area contributed by atoms with E-state index in [1.165, 1.54) is 0 Å². The number of nitrogens with one attached hydrogen (secondary N) is 1. The lowest BCUT2D eigenvalue weighted by Crippen LogP contribution is -2.48. The van der Waals surface area contributed by atoms with Gasteiger partial charge in [-0.1, -0.05) is 41.7 Å². The van der Waals surface area contributed by atoms with Gasteiger partial charge in [0.2, 0.25) is 5.91 Å². The number of hydrogen-bond acceptors (Lipinski definition) is 4. The molecule has 0 aliphatic carbocycles. The van der Waals surface area contributed by atoms with Crippen LogP contribution in [-0.2, 0) is 4.79 Å². The van der Waals surface area contributed by atoms with Gasteiger partial charge >= 0.3 is 0 Å². The fourth-order valence-electron chi connectivity index (χ4n) is 3.87. The van der Waals surface area contributed by atoms with Crippen LogP contribution in [0.5, 0.6) is 0 Å². The van der Waals surface area contributed by atoms with Crippen molar-refractivity contribution in [3.05, 3.63) is 69.4 Å². The molecule has 1 aliphatic rings. The third-order valence-electron chi connectivity index (χ3n) is 5.68. The van der Waals surface area contributed by atoms with E-state index in [0.717, 1.165) is 17.7 Å². The normalized spacial score (nSPS) is 13.8. The Morgan fingerprint density at radius 2 is 1.68 bits per heavy atom. The SMILES string of the molecule is CCCC(=O)N1CCN(c2ccc(NC(=O)c3ccc(-c4ccc(Cl)c(Cl)c4)o3)cc2Cl)CC1. The van der Waals surface area contributed by atoms with Crippen molar-refractivity contribution >= 4 is 58.0 Å². The first-order chi connectivity index (χ1) is 16.4. The number of hydrogen-bond donors (Lipinski definition) is 1. The van der Waals surface area contributed by atoms with E-state index in [1.54, 1.807) is 42.5 Å². The molecule has 0 radical (unpaired) electrons. The molecular formula is C25H24Cl3N3O3. The highest BCUT2D eigenvalue weighted by atomic mass is 35.5. The Bertz CT molecular complexity index is 1200. The molecule has 0 bridgehead atoms. The summed E-state index contributed by atoms with van der Waals surface area (Å²) in [6.07, 6.45) is 1.44. The molecule has 0 atom stereocenters. The number of benzene rings is 2. The molecule has 0 spiro atoms. The van der Waals surface area contributed by atoms with Crippen LogP contribution >= 0.6 is 34.8 Å². The van der Waals surface area contributed by atoms with E-state index in [9.17, 15) is 9.59 Å². The number of halogens is 3. The van der Waals surface area contributed by atoms with Crippen molar-refractivity contribution in [2.45, 2.75) is 19.8 Å². The predicted molar refractivity (Wildman–Crippen MR) is 137 cm³/mol. The molecule has 1 N–H and O–H groups in total. The van der Waals surface area contributed by atoms with Crippen molar-refractivity contribution in [1.82, 2.24) is 4.90 Å². The van der Waals surface area contributed by atoms with E-state index in [1.807, 2.05) is 17.9 Å². The highest BCUT2D eigenvalue weighted by Crippen LogP contribution is 2.31. The Labute approximate surface area is 213 Å². The van der Waals surface area contributed by atoms with E-state index in [4.69, 9.17) is 39.2 Å². The lowest BCUT2D eigenvalue weighted by atomic mass is 10.2. The van der Waals surface area contributed by atoms with Crippen molar-refractivity contribution in [2.24, 2.45) is 0 Å². The Balaban J connectivity index is 1.39. The summed E-state index contributed by atoms with van der Waals surface area (Å²) >= 11 is 18.6. The maximum atomic E-state index is 12.7. The van der Waals surface area contributed by atoms with E-state index >= 15 is 0 Å². The largest absolute Gasteiger partial charge is 0.451 e. The number of carbonyl (C=O) groups excluding carboxylic acids is 2. The smallest absolute Gasteiger partial charge is 0.291 e. The minimum Gasteiger partial charge on any atom is -0.451 e. The lowest BCUT2D eigenvalue weighted by Gasteiger charge is -2.36. The highest BCUT2D eigenvalue weighted by Gasteiger charge is 2.22. The van der Waals surface area contributed by atoms with Crippen LogP contribution in [0.15, 0.2) is 52.9 Å². The summed E-state index contributed by atoms with van der Waals surface area (Å²) in [5.74, 6) is 0.479. The summed E-state index contributed by atoms with van der Waals surface area (Å²) in [4.78, 5) is 28.8. The fourth-order valence-corrected chi connectivity index (χ4v) is 4.47. The second-order valence-corrected chi connectivity index (χ2v) is 9.25. The first-order valence-corrected chi connectivity index (χ1v) is 12.2. The second-order valence-electron chi connectivity index (χ2n) is 8.03. The molecule has 34 heavy (non-hydrogen) atoms. The molecule has 3 aromatic rings. The van der Waals surface area contributed by atoms with E-state index in [2.05, 4.69) is 10.2 Å². The van der Waals surface area contributed by atoms with Crippen molar-refractivity contribution in [3.8, 4) is 11.3 Å². The Morgan fingerprint density at radius 1 is 0.912 bits per heavy atom. The summed E-state index contributed by atoms with van der Waals surface area (Å²) < 4.78 is 5.71. The number of nitrogens with zero attached hydrogens (tertiary/aromatic N) is 2. The van der Waals surface area contributed by atoms with Crippen LogP contribution in [0.2, 0.25) is 15.1 Å². The molecule has 1 fully saturated rings. The average Bonchev–Trinajstić information content (AvgIpc) is 3.32. The third-order valence-corrected chi connectivity index (χ3v) is 6.72. The fraction of sp³-hybridized carbons (Fsp3) is 0.280. The Kier molecular flexibility index (Phi) is 7.71. The van der Waals surface area contributed by atoms with Gasteiger partial charge in [-0.2, -0.15) is 0 Å². The quantitative estimate of drug-likeness (QED) is 0.397. The predicted octanol–water partition coefficient (Wildman–Crippen LogP) is 6.61. The molecule has 2 amide bonds. The molecule has 0 saturated carbocycles. The molecular weight excluding hydrogens is 497 g/mol. The van der Waals surface area contributed by atoms with Crippen LogP contribution in [0, 0.1) is 0 Å². The minimum atomic E-state index is -0.391. The number of piperazine rings is 1. The summed E-state index contributed by atoms with van der Waals surface area (Å²) in [5.41, 5.74) is 2.16. The number of rotatable bonds is 6. The van der Waals surface area contributed by atoms with Crippen LogP contribution in [0.25, 0.3) is 11.3 Å². The van der Waals surface area contributed by atoms with Gasteiger partial charge in [0.05, 0.1) is 20.8 Å². The maximum absolute atomic E-state index is 12.7. The molecule has 1 saturated heterocycles. The van der Waals surface area contributed by atoms with Crippen molar-refractivity contribution < 1.29 is 14.0 Å². The maximum Gasteiger partial charge on any atom is 0.291 e. The average molecular weight is 521 g/mol. The van der Waals surface area contributed by atoms with Gasteiger partial charge in [0.15, 0.2) is 5.76 Å². The van der Waals surface area contributed by atoms with Crippen LogP contribution < -0.4 is 10.2 Å². The van der Waals surface area contributed by atoms with Gasteiger partial charge in [-0.25, -0.2) is 0 Å². The number of anilines is 2. The van der Waals surface area contributed by atoms with Gasteiger partial charge in [0.25, 0.3) is 5.91 Å². The van der Waals surface area contributed by atoms with Gasteiger partial charge in [0.1, 0.15) is 5.76 Å². The molecule has 178 valence electrons. The highest BCUT2D eigenvalue weighted by molar-refractivity contribution is 6.42. The van der Waals surface area contributed by atoms with Gasteiger partial charge < -0.3 is 19.5 Å². The van der Waals surface area contributed by atoms with Gasteiger partial charge in [-0.3, -0.25) is 9.59 Å². The molecule has 4 rings (SSSR count). The van der Waals surface area contributed by atoms with Crippen molar-refractivity contribution in [3.63, 3.8) is 0 Å². The topological polar surface area (TPSA) is 65.8 Å². The summed E-state index contributed by atoms with van der Waals surface area (Å²) in [5, 5.41) is 4.20. The first-order valence-electron chi connectivity index (χ1n) is 11.0. The first kappa shape index (κ1) is 24.5. The molecule has 1 aliphatic heterocycles. The summed E-state index contributed by atoms with van der Waals surface area (Å²) in [6.45, 7) is 4.78. The minimum absolute atomic E-state index is 0.161. The van der Waals surface area contributed by atoms with Gasteiger partial charge in [-0.15, -0.1) is 0 Å². The van der Waals surface area contributed by atoms with E-state index < -0.39 is 5.91 Å². The van der Waals surface area contributed by atoms with Crippen LogP contribution in [-0.4, -0.2) is 42.9 Å². The zero-order valence-electron chi connectivity index (χ0n) is 18.6. The molecule has 9 heteroatoms. The van der Waals surface area contributed by atoms with Crippen LogP contribution in [0.1, 0.15) is 30.3 Å². The lowest BCUT2D eigenvalue weighted by molar-refractivity contribution is -0.131. The Morgan fingerprint density at radius 3 is 2.35 bits per heavy atom. The van der Waals surface area contributed by atoms with Gasteiger partial charge in [0, 0.05) is 43.9 Å². The number of carbonyl (C=O) groups is 2. The van der Waals surface area contributed by atoms with Crippen molar-refractivity contribution in [1.29, 1.82) is 0 Å². The third kappa shape index (κ3) is 5.52. The second kappa shape index (κ2) is 10.7. The Hall–Kier alpha value is -2.67. The van der Waals surface area contributed by atoms with E-state index in [0.29, 0.717) is 59.1 Å². The van der Waals surface area contributed by atoms with Crippen molar-refractivity contribution in [2.75, 3.05) is 36.4 Å². The zero-order valence-corrected chi connectivity index (χ0v) is 20.9. The van der Waals surface area contributed by atoms with Crippen LogP contribution in [0.4, 0.5) is 11.4 Å².